The Labute approximate surface area is 312 Å². The van der Waals surface area contributed by atoms with E-state index in [-0.39, 0.29) is 5.84 Å². The first kappa shape index (κ1) is 33.6. The van der Waals surface area contributed by atoms with Gasteiger partial charge in [0.2, 0.25) is 0 Å². The topological polar surface area (TPSA) is 62.2 Å². The van der Waals surface area contributed by atoms with E-state index in [4.69, 9.17) is 11.1 Å². The van der Waals surface area contributed by atoms with Gasteiger partial charge in [0.15, 0.2) is 5.84 Å². The Bertz CT molecular complexity index is 2530. The molecule has 0 saturated carbocycles. The third-order valence-electron chi connectivity index (χ3n) is 10.4. The molecule has 0 fully saturated rings. The molecule has 0 aliphatic heterocycles. The highest BCUT2D eigenvalue weighted by atomic mass is 14.9. The Morgan fingerprint density at radius 1 is 0.604 bits per heavy atom. The zero-order valence-corrected chi connectivity index (χ0v) is 29.8. The molecule has 7 aromatic carbocycles. The van der Waals surface area contributed by atoms with Crippen LogP contribution < -0.4 is 5.73 Å². The Morgan fingerprint density at radius 2 is 1.23 bits per heavy atom. The van der Waals surface area contributed by atoms with Crippen molar-refractivity contribution in [3.63, 3.8) is 0 Å². The number of amidine groups is 2. The summed E-state index contributed by atoms with van der Waals surface area (Å²) >= 11 is 0. The number of aliphatic imine (C=N–C) groups is 1. The first-order valence-corrected chi connectivity index (χ1v) is 18.2. The number of nitrogens with two attached hydrogens (primary N) is 1. The number of hydrogen-bond acceptors (Lipinski definition) is 1. The van der Waals surface area contributed by atoms with E-state index < -0.39 is 5.41 Å². The van der Waals surface area contributed by atoms with Crippen molar-refractivity contribution in [2.24, 2.45) is 10.7 Å². The second-order valence-electron chi connectivity index (χ2n) is 13.7. The zero-order chi connectivity index (χ0) is 36.2. The molecule has 7 aromatic rings. The van der Waals surface area contributed by atoms with Gasteiger partial charge in [-0.3, -0.25) is 5.41 Å². The van der Waals surface area contributed by atoms with Gasteiger partial charge in [-0.1, -0.05) is 175 Å². The molecule has 0 radical (unpaired) electrons. The fourth-order valence-electron chi connectivity index (χ4n) is 7.88. The first-order chi connectivity index (χ1) is 26.0. The molecule has 9 rings (SSSR count). The summed E-state index contributed by atoms with van der Waals surface area (Å²) in [5, 5.41) is 10.9. The number of hydrogen-bond donors (Lipinski definition) is 2. The van der Waals surface area contributed by atoms with E-state index in [1.807, 2.05) is 54.6 Å². The van der Waals surface area contributed by atoms with Gasteiger partial charge in [-0.2, -0.15) is 0 Å². The van der Waals surface area contributed by atoms with E-state index in [9.17, 15) is 0 Å². The van der Waals surface area contributed by atoms with E-state index in [2.05, 4.69) is 145 Å². The summed E-state index contributed by atoms with van der Waals surface area (Å²) in [7, 11) is 0. The van der Waals surface area contributed by atoms with Gasteiger partial charge in [-0.15, -0.1) is 0 Å². The van der Waals surface area contributed by atoms with Gasteiger partial charge in [-0.25, -0.2) is 4.99 Å². The fourth-order valence-corrected chi connectivity index (χ4v) is 7.88. The predicted octanol–water partition coefficient (Wildman–Crippen LogP) is 11.8. The molecular formula is C50H41N3. The van der Waals surface area contributed by atoms with Gasteiger partial charge in [0.25, 0.3) is 0 Å². The maximum Gasteiger partial charge on any atom is 0.154 e. The number of benzene rings is 7. The molecule has 3 nitrogen and oxygen atoms in total. The Morgan fingerprint density at radius 3 is 1.91 bits per heavy atom. The summed E-state index contributed by atoms with van der Waals surface area (Å²) in [6.07, 6.45) is 9.14. The minimum Gasteiger partial charge on any atom is -0.383 e. The number of nitrogens with zero attached hydrogens (tertiary/aromatic N) is 1. The maximum atomic E-state index is 8.70. The number of aryl methyl sites for hydroxylation is 1. The van der Waals surface area contributed by atoms with Crippen molar-refractivity contribution in [2.45, 2.75) is 25.2 Å². The molecule has 3 N–H and O–H groups in total. The van der Waals surface area contributed by atoms with Gasteiger partial charge in [0.1, 0.15) is 5.84 Å². The molecule has 1 unspecified atom stereocenters. The molecule has 2 aliphatic carbocycles. The third-order valence-corrected chi connectivity index (χ3v) is 10.4. The smallest absolute Gasteiger partial charge is 0.154 e. The van der Waals surface area contributed by atoms with Crippen molar-refractivity contribution in [2.75, 3.05) is 0 Å². The number of allylic oxidation sites excluding steroid dienone is 4. The molecule has 0 bridgehead atoms. The van der Waals surface area contributed by atoms with Gasteiger partial charge in [-0.05, 0) is 93.3 Å². The number of fused-ring (bicyclic) bond motifs is 4. The van der Waals surface area contributed by atoms with Crippen LogP contribution in [-0.2, 0) is 5.41 Å². The highest BCUT2D eigenvalue weighted by molar-refractivity contribution is 6.14. The standard InChI is InChI=1S/C43H33N3.C7H8/c44-41(29-14-4-1-5-15-29)46-42(45)38-27-31-17-11-10-16-30(31)26-37(38)32-24-25-36-35-22-12-13-23-39(35)43(40(36)28-32,33-18-6-2-7-19-33)34-20-8-3-9-21-34;1-7-5-3-2-4-6-7/h1-2,4-8,10-28H,3,9H2,(H3,44,45,46);2-6H,1H3. The summed E-state index contributed by atoms with van der Waals surface area (Å²) in [6, 6.07) is 59.1. The minimum absolute atomic E-state index is 0.140. The van der Waals surface area contributed by atoms with Crippen molar-refractivity contribution in [1.82, 2.24) is 0 Å². The van der Waals surface area contributed by atoms with Crippen LogP contribution >= 0.6 is 0 Å². The highest BCUT2D eigenvalue weighted by Crippen LogP contribution is 2.57. The third kappa shape index (κ3) is 6.32. The zero-order valence-electron chi connectivity index (χ0n) is 29.8. The van der Waals surface area contributed by atoms with Crippen LogP contribution in [0.25, 0.3) is 33.0 Å². The Balaban J connectivity index is 0.000000515. The Kier molecular flexibility index (Phi) is 9.23. The fraction of sp³-hybridized carbons (Fsp3) is 0.0800. The van der Waals surface area contributed by atoms with E-state index in [1.54, 1.807) is 0 Å². The van der Waals surface area contributed by atoms with Crippen molar-refractivity contribution in [3.05, 3.63) is 227 Å². The highest BCUT2D eigenvalue weighted by Gasteiger charge is 2.46. The van der Waals surface area contributed by atoms with Crippen LogP contribution in [0.4, 0.5) is 0 Å². The maximum absolute atomic E-state index is 8.70. The van der Waals surface area contributed by atoms with Crippen LogP contribution in [0.2, 0.25) is 0 Å². The molecule has 0 saturated heterocycles. The molecule has 2 aliphatic rings. The van der Waals surface area contributed by atoms with Gasteiger partial charge < -0.3 is 5.73 Å². The minimum atomic E-state index is -0.452. The average Bonchev–Trinajstić information content (AvgIpc) is 3.52. The first-order valence-electron chi connectivity index (χ1n) is 18.2. The van der Waals surface area contributed by atoms with Crippen LogP contribution in [0, 0.1) is 12.3 Å². The molecule has 0 aromatic heterocycles. The lowest BCUT2D eigenvalue weighted by Gasteiger charge is -2.36. The predicted molar refractivity (Wildman–Crippen MR) is 223 cm³/mol. The molecule has 3 heteroatoms. The van der Waals surface area contributed by atoms with E-state index in [0.29, 0.717) is 5.84 Å². The van der Waals surface area contributed by atoms with Gasteiger partial charge in [0.05, 0.1) is 5.41 Å². The van der Waals surface area contributed by atoms with Crippen LogP contribution in [0.1, 0.15) is 46.2 Å². The lowest BCUT2D eigenvalue weighted by Crippen LogP contribution is -2.29. The number of nitrogens with one attached hydrogen (secondary N) is 1. The van der Waals surface area contributed by atoms with E-state index in [0.717, 1.165) is 45.9 Å². The van der Waals surface area contributed by atoms with E-state index in [1.165, 1.54) is 39.0 Å². The lowest BCUT2D eigenvalue weighted by molar-refractivity contribution is 0.752. The normalized spacial score (nSPS) is 15.9. The van der Waals surface area contributed by atoms with Crippen molar-refractivity contribution >= 4 is 22.4 Å². The summed E-state index contributed by atoms with van der Waals surface area (Å²) in [5.74, 6) is 0.464. The van der Waals surface area contributed by atoms with Crippen molar-refractivity contribution < 1.29 is 0 Å². The quantitative estimate of drug-likeness (QED) is 0.138. The summed E-state index contributed by atoms with van der Waals surface area (Å²) in [5.41, 5.74) is 18.9. The van der Waals surface area contributed by atoms with Crippen LogP contribution in [0.5, 0.6) is 0 Å². The molecule has 0 amide bonds. The van der Waals surface area contributed by atoms with Crippen LogP contribution in [0.3, 0.4) is 0 Å². The largest absolute Gasteiger partial charge is 0.383 e. The molecule has 1 atom stereocenters. The lowest BCUT2D eigenvalue weighted by atomic mass is 9.66. The SMILES string of the molecule is Cc1ccccc1.N=C(N=C(N)c1cc2ccccc2cc1-c1ccc2c(c1)C(C1=CCCC=C1)(c1ccccc1)c1ccccc1-2)c1ccccc1. The van der Waals surface area contributed by atoms with Gasteiger partial charge in [0, 0.05) is 11.1 Å². The van der Waals surface area contributed by atoms with Crippen LogP contribution in [0.15, 0.2) is 199 Å². The second kappa shape index (κ2) is 14.6. The number of rotatable bonds is 5. The summed E-state index contributed by atoms with van der Waals surface area (Å²) < 4.78 is 0. The van der Waals surface area contributed by atoms with Crippen LogP contribution in [-0.4, -0.2) is 11.7 Å². The Hall–Kier alpha value is -6.58. The molecule has 53 heavy (non-hydrogen) atoms. The molecular weight excluding hydrogens is 643 g/mol. The molecule has 256 valence electrons. The van der Waals surface area contributed by atoms with Crippen molar-refractivity contribution in [1.29, 1.82) is 5.41 Å². The summed E-state index contributed by atoms with van der Waals surface area (Å²) in [4.78, 5) is 4.62. The second-order valence-corrected chi connectivity index (χ2v) is 13.7. The average molecular weight is 684 g/mol. The van der Waals surface area contributed by atoms with Crippen molar-refractivity contribution in [3.8, 4) is 22.3 Å². The molecule has 0 heterocycles. The molecule has 0 spiro atoms. The van der Waals surface area contributed by atoms with Gasteiger partial charge >= 0.3 is 0 Å². The van der Waals surface area contributed by atoms with E-state index >= 15 is 0 Å². The summed E-state index contributed by atoms with van der Waals surface area (Å²) in [6.45, 7) is 2.08. The monoisotopic (exact) mass is 683 g/mol.